The molecule has 27 heavy (non-hydrogen) atoms. The van der Waals surface area contributed by atoms with E-state index in [1.165, 1.54) is 39.0 Å². The number of rotatable bonds is 8. The molecule has 0 heterocycles. The Hall–Kier alpha value is -1.60. The first-order valence-electron chi connectivity index (χ1n) is 9.54. The Morgan fingerprint density at radius 3 is 2.48 bits per heavy atom. The molecule has 0 aliphatic heterocycles. The van der Waals surface area contributed by atoms with E-state index < -0.39 is 11.9 Å². The lowest BCUT2D eigenvalue weighted by Crippen LogP contribution is -2.36. The SMILES string of the molecule is CCN(Cc1cc(C(=O)OCCOC(C)=O)cc(Br)c1N)C1CCCCC1. The Bertz CT molecular complexity index is 660. The summed E-state index contributed by atoms with van der Waals surface area (Å²) >= 11 is 3.45. The summed E-state index contributed by atoms with van der Waals surface area (Å²) in [6, 6.07) is 4.05. The summed E-state index contributed by atoms with van der Waals surface area (Å²) in [5.41, 5.74) is 8.27. The van der Waals surface area contributed by atoms with Gasteiger partial charge in [-0.05, 0) is 53.0 Å². The molecule has 1 saturated carbocycles. The van der Waals surface area contributed by atoms with Gasteiger partial charge in [0, 0.05) is 24.0 Å². The van der Waals surface area contributed by atoms with Crippen molar-refractivity contribution in [1.82, 2.24) is 4.90 Å². The molecule has 0 amide bonds. The van der Waals surface area contributed by atoms with Gasteiger partial charge in [0.25, 0.3) is 0 Å². The van der Waals surface area contributed by atoms with E-state index in [2.05, 4.69) is 27.8 Å². The minimum Gasteiger partial charge on any atom is -0.462 e. The summed E-state index contributed by atoms with van der Waals surface area (Å²) in [6.07, 6.45) is 6.29. The Morgan fingerprint density at radius 2 is 1.85 bits per heavy atom. The van der Waals surface area contributed by atoms with Crippen LogP contribution in [0.2, 0.25) is 0 Å². The van der Waals surface area contributed by atoms with Gasteiger partial charge in [0.1, 0.15) is 13.2 Å². The van der Waals surface area contributed by atoms with Crippen LogP contribution in [0.25, 0.3) is 0 Å². The van der Waals surface area contributed by atoms with E-state index in [1.54, 1.807) is 12.1 Å². The third-order valence-corrected chi connectivity index (χ3v) is 5.60. The second kappa shape index (κ2) is 10.7. The molecule has 1 aromatic rings. The lowest BCUT2D eigenvalue weighted by atomic mass is 9.93. The number of hydrogen-bond acceptors (Lipinski definition) is 6. The predicted octanol–water partition coefficient (Wildman–Crippen LogP) is 3.91. The molecule has 0 radical (unpaired) electrons. The molecular weight excluding hydrogens is 412 g/mol. The molecule has 150 valence electrons. The zero-order valence-electron chi connectivity index (χ0n) is 16.1. The minimum absolute atomic E-state index is 0.0267. The van der Waals surface area contributed by atoms with Crippen LogP contribution < -0.4 is 5.73 Å². The van der Waals surface area contributed by atoms with Crippen molar-refractivity contribution in [1.29, 1.82) is 0 Å². The van der Waals surface area contributed by atoms with Gasteiger partial charge in [-0.3, -0.25) is 9.69 Å². The molecule has 0 saturated heterocycles. The first-order valence-corrected chi connectivity index (χ1v) is 10.3. The fraction of sp³-hybridized carbons (Fsp3) is 0.600. The van der Waals surface area contributed by atoms with E-state index in [-0.39, 0.29) is 13.2 Å². The van der Waals surface area contributed by atoms with E-state index >= 15 is 0 Å². The molecule has 1 aliphatic carbocycles. The highest BCUT2D eigenvalue weighted by Crippen LogP contribution is 2.29. The summed E-state index contributed by atoms with van der Waals surface area (Å²) in [7, 11) is 0. The van der Waals surface area contributed by atoms with Crippen LogP contribution in [-0.4, -0.2) is 42.6 Å². The maximum absolute atomic E-state index is 12.3. The molecule has 2 rings (SSSR count). The maximum atomic E-state index is 12.3. The van der Waals surface area contributed by atoms with E-state index in [1.807, 2.05) is 0 Å². The van der Waals surface area contributed by atoms with Crippen molar-refractivity contribution in [3.05, 3.63) is 27.7 Å². The van der Waals surface area contributed by atoms with Crippen molar-refractivity contribution in [2.45, 2.75) is 58.5 Å². The summed E-state index contributed by atoms with van der Waals surface area (Å²) in [5, 5.41) is 0. The number of carbonyl (C=O) groups is 2. The van der Waals surface area contributed by atoms with Gasteiger partial charge in [-0.15, -0.1) is 0 Å². The van der Waals surface area contributed by atoms with E-state index in [4.69, 9.17) is 15.2 Å². The van der Waals surface area contributed by atoms with Gasteiger partial charge < -0.3 is 15.2 Å². The van der Waals surface area contributed by atoms with Crippen molar-refractivity contribution in [3.63, 3.8) is 0 Å². The average molecular weight is 441 g/mol. The topological polar surface area (TPSA) is 81.9 Å². The molecule has 0 aromatic heterocycles. The van der Waals surface area contributed by atoms with Crippen LogP contribution in [0.15, 0.2) is 16.6 Å². The number of anilines is 1. The third kappa shape index (κ3) is 6.50. The number of nitrogen functional groups attached to an aromatic ring is 1. The lowest BCUT2D eigenvalue weighted by Gasteiger charge is -2.34. The summed E-state index contributed by atoms with van der Waals surface area (Å²) in [4.78, 5) is 25.5. The monoisotopic (exact) mass is 440 g/mol. The Balaban J connectivity index is 2.07. The zero-order chi connectivity index (χ0) is 19.8. The second-order valence-electron chi connectivity index (χ2n) is 6.86. The molecule has 1 aliphatic rings. The second-order valence-corrected chi connectivity index (χ2v) is 7.72. The molecule has 0 unspecified atom stereocenters. The van der Waals surface area contributed by atoms with Crippen LogP contribution in [-0.2, 0) is 20.8 Å². The number of hydrogen-bond donors (Lipinski definition) is 1. The predicted molar refractivity (Wildman–Crippen MR) is 108 cm³/mol. The number of ether oxygens (including phenoxy) is 2. The molecular formula is C20H29BrN2O4. The summed E-state index contributed by atoms with van der Waals surface area (Å²) < 4.78 is 10.6. The van der Waals surface area contributed by atoms with Crippen LogP contribution in [0, 0.1) is 0 Å². The van der Waals surface area contributed by atoms with Crippen molar-refractivity contribution in [3.8, 4) is 0 Å². The molecule has 0 spiro atoms. The van der Waals surface area contributed by atoms with Crippen LogP contribution in [0.5, 0.6) is 0 Å². The number of carbonyl (C=O) groups excluding carboxylic acids is 2. The number of esters is 2. The fourth-order valence-corrected chi connectivity index (χ4v) is 3.99. The molecule has 2 N–H and O–H groups in total. The zero-order valence-corrected chi connectivity index (χ0v) is 17.7. The van der Waals surface area contributed by atoms with Gasteiger partial charge in [-0.1, -0.05) is 26.2 Å². The van der Waals surface area contributed by atoms with Crippen molar-refractivity contribution in [2.75, 3.05) is 25.5 Å². The minimum atomic E-state index is -0.454. The standard InChI is InChI=1S/C20H29BrN2O4/c1-3-23(17-7-5-4-6-8-17)13-16-11-15(12-18(21)19(16)22)20(25)27-10-9-26-14(2)24/h11-12,17H,3-10,13,22H2,1-2H3. The normalized spacial score (nSPS) is 15.0. The smallest absolute Gasteiger partial charge is 0.338 e. The Labute approximate surface area is 169 Å². The summed E-state index contributed by atoms with van der Waals surface area (Å²) in [6.45, 7) is 5.21. The first-order chi connectivity index (χ1) is 12.9. The number of benzene rings is 1. The molecule has 1 aromatic carbocycles. The third-order valence-electron chi connectivity index (χ3n) is 4.94. The largest absolute Gasteiger partial charge is 0.462 e. The molecule has 1 fully saturated rings. The highest BCUT2D eigenvalue weighted by atomic mass is 79.9. The molecule has 7 heteroatoms. The van der Waals surface area contributed by atoms with Crippen LogP contribution in [0.4, 0.5) is 5.69 Å². The van der Waals surface area contributed by atoms with E-state index in [0.29, 0.717) is 28.3 Å². The highest BCUT2D eigenvalue weighted by Gasteiger charge is 2.22. The molecule has 0 atom stereocenters. The molecule has 0 bridgehead atoms. The van der Waals surface area contributed by atoms with Gasteiger partial charge in [0.15, 0.2) is 0 Å². The van der Waals surface area contributed by atoms with Crippen LogP contribution in [0.1, 0.15) is 61.9 Å². The van der Waals surface area contributed by atoms with Gasteiger partial charge >= 0.3 is 11.9 Å². The molecule has 6 nitrogen and oxygen atoms in total. The van der Waals surface area contributed by atoms with Gasteiger partial charge in [0.2, 0.25) is 0 Å². The number of nitrogens with two attached hydrogens (primary N) is 1. The highest BCUT2D eigenvalue weighted by molar-refractivity contribution is 9.10. The van der Waals surface area contributed by atoms with Gasteiger partial charge in [0.05, 0.1) is 11.3 Å². The van der Waals surface area contributed by atoms with Crippen LogP contribution >= 0.6 is 15.9 Å². The fourth-order valence-electron chi connectivity index (χ4n) is 3.49. The van der Waals surface area contributed by atoms with Crippen LogP contribution in [0.3, 0.4) is 0 Å². The van der Waals surface area contributed by atoms with Crippen molar-refractivity contribution in [2.24, 2.45) is 0 Å². The quantitative estimate of drug-likeness (QED) is 0.374. The van der Waals surface area contributed by atoms with Gasteiger partial charge in [-0.2, -0.15) is 0 Å². The Kier molecular flexibility index (Phi) is 8.57. The Morgan fingerprint density at radius 1 is 1.19 bits per heavy atom. The van der Waals surface area contributed by atoms with Gasteiger partial charge in [-0.25, -0.2) is 4.79 Å². The van der Waals surface area contributed by atoms with E-state index in [0.717, 1.165) is 12.1 Å². The van der Waals surface area contributed by atoms with Crippen molar-refractivity contribution >= 4 is 33.6 Å². The average Bonchev–Trinajstić information content (AvgIpc) is 2.66. The summed E-state index contributed by atoms with van der Waals surface area (Å²) in [5.74, 6) is -0.851. The first kappa shape index (κ1) is 21.7. The van der Waals surface area contributed by atoms with E-state index in [9.17, 15) is 9.59 Å². The number of halogens is 1. The van der Waals surface area contributed by atoms with Crippen molar-refractivity contribution < 1.29 is 19.1 Å². The maximum Gasteiger partial charge on any atom is 0.338 e. The number of nitrogens with zero attached hydrogens (tertiary/aromatic N) is 1. The lowest BCUT2D eigenvalue weighted by molar-refractivity contribution is -0.142.